The van der Waals surface area contributed by atoms with Crippen LogP contribution in [0.5, 0.6) is 0 Å². The third-order valence-corrected chi connectivity index (χ3v) is 4.48. The zero-order chi connectivity index (χ0) is 16.5. The Bertz CT molecular complexity index is 874. The molecule has 3 aromatic rings. The minimum atomic E-state index is -0.0429. The zero-order valence-corrected chi connectivity index (χ0v) is 13.8. The average Bonchev–Trinajstić information content (AvgIpc) is 3.19. The lowest BCUT2D eigenvalue weighted by molar-refractivity contribution is 0.0952. The number of carbonyl (C=O) groups excluding carboxylic acids is 1. The van der Waals surface area contributed by atoms with Crippen LogP contribution in [0.2, 0.25) is 0 Å². The van der Waals surface area contributed by atoms with Gasteiger partial charge in [0.1, 0.15) is 11.3 Å². The van der Waals surface area contributed by atoms with E-state index in [1.807, 2.05) is 31.3 Å². The number of nitrogens with zero attached hydrogens (tertiary/aromatic N) is 2. The maximum atomic E-state index is 12.3. The van der Waals surface area contributed by atoms with Gasteiger partial charge in [0.2, 0.25) is 0 Å². The Balaban J connectivity index is 1.31. The molecule has 0 spiro atoms. The molecular weight excluding hydrogens is 302 g/mol. The normalized spacial score (nSPS) is 14.2. The number of furan rings is 1. The first-order valence-electron chi connectivity index (χ1n) is 8.51. The number of aryl methyl sites for hydroxylation is 2. The molecule has 1 aromatic carbocycles. The first-order valence-corrected chi connectivity index (χ1v) is 8.51. The van der Waals surface area contributed by atoms with E-state index in [4.69, 9.17) is 4.42 Å². The molecule has 1 amide bonds. The molecule has 5 nitrogen and oxygen atoms in total. The third-order valence-electron chi connectivity index (χ3n) is 4.48. The Morgan fingerprint density at radius 1 is 1.33 bits per heavy atom. The minimum Gasteiger partial charge on any atom is -0.461 e. The van der Waals surface area contributed by atoms with Gasteiger partial charge in [-0.1, -0.05) is 0 Å². The monoisotopic (exact) mass is 323 g/mol. The Labute approximate surface area is 140 Å². The van der Waals surface area contributed by atoms with E-state index in [-0.39, 0.29) is 5.91 Å². The number of carbonyl (C=O) groups is 1. The summed E-state index contributed by atoms with van der Waals surface area (Å²) in [6, 6.07) is 9.59. The molecule has 1 fully saturated rings. The van der Waals surface area contributed by atoms with E-state index in [1.54, 1.807) is 6.07 Å². The van der Waals surface area contributed by atoms with Crippen LogP contribution in [0.15, 0.2) is 40.9 Å². The van der Waals surface area contributed by atoms with E-state index < -0.39 is 0 Å². The molecule has 2 aromatic heterocycles. The van der Waals surface area contributed by atoms with Gasteiger partial charge in [0, 0.05) is 41.8 Å². The first-order chi connectivity index (χ1) is 11.7. The Hall–Kier alpha value is -2.56. The van der Waals surface area contributed by atoms with Gasteiger partial charge in [0.25, 0.3) is 5.91 Å². The molecular formula is C19H21N3O2. The maximum Gasteiger partial charge on any atom is 0.251 e. The molecule has 1 aliphatic carbocycles. The van der Waals surface area contributed by atoms with Crippen LogP contribution in [0.25, 0.3) is 11.0 Å². The highest BCUT2D eigenvalue weighted by Gasteiger charge is 2.26. The minimum absolute atomic E-state index is 0.0429. The fraction of sp³-hybridized carbons (Fsp3) is 0.368. The summed E-state index contributed by atoms with van der Waals surface area (Å²) >= 11 is 0. The van der Waals surface area contributed by atoms with E-state index >= 15 is 0 Å². The molecule has 0 radical (unpaired) electrons. The summed E-state index contributed by atoms with van der Waals surface area (Å²) in [4.78, 5) is 12.3. The highest BCUT2D eigenvalue weighted by atomic mass is 16.3. The van der Waals surface area contributed by atoms with Crippen molar-refractivity contribution in [3.63, 3.8) is 0 Å². The van der Waals surface area contributed by atoms with Crippen molar-refractivity contribution in [1.82, 2.24) is 15.1 Å². The van der Waals surface area contributed by atoms with Crippen molar-refractivity contribution >= 4 is 16.9 Å². The highest BCUT2D eigenvalue weighted by molar-refractivity contribution is 5.97. The van der Waals surface area contributed by atoms with Crippen LogP contribution in [-0.4, -0.2) is 22.2 Å². The number of fused-ring (bicyclic) bond motifs is 1. The van der Waals surface area contributed by atoms with E-state index in [2.05, 4.69) is 21.2 Å². The highest BCUT2D eigenvalue weighted by Crippen LogP contribution is 2.39. The lowest BCUT2D eigenvalue weighted by atomic mass is 10.1. The van der Waals surface area contributed by atoms with E-state index in [9.17, 15) is 4.79 Å². The quantitative estimate of drug-likeness (QED) is 0.705. The second-order valence-corrected chi connectivity index (χ2v) is 6.47. The zero-order valence-electron chi connectivity index (χ0n) is 13.8. The predicted octanol–water partition coefficient (Wildman–Crippen LogP) is 3.64. The number of benzene rings is 1. The van der Waals surface area contributed by atoms with Crippen LogP contribution in [0.4, 0.5) is 0 Å². The molecule has 1 saturated carbocycles. The summed E-state index contributed by atoms with van der Waals surface area (Å²) in [5.41, 5.74) is 2.82. The number of rotatable bonds is 6. The molecule has 1 N–H and O–H groups in total. The summed E-state index contributed by atoms with van der Waals surface area (Å²) < 4.78 is 7.61. The first kappa shape index (κ1) is 15.0. The second-order valence-electron chi connectivity index (χ2n) is 6.47. The van der Waals surface area contributed by atoms with Crippen molar-refractivity contribution in [3.05, 3.63) is 53.5 Å². The average molecular weight is 323 g/mol. The molecule has 5 heteroatoms. The van der Waals surface area contributed by atoms with Crippen molar-refractivity contribution in [1.29, 1.82) is 0 Å². The second kappa shape index (κ2) is 6.15. The van der Waals surface area contributed by atoms with Crippen molar-refractivity contribution < 1.29 is 9.21 Å². The molecule has 0 unspecified atom stereocenters. The standard InChI is InChI=1S/C19H21N3O2/c1-13-11-16-12-15(5-6-18(16)24-13)19(23)20-8-2-10-22-17(7-9-21-22)14-3-4-14/h5-7,9,11-12,14H,2-4,8,10H2,1H3,(H,20,23). The number of aromatic nitrogens is 2. The van der Waals surface area contributed by atoms with Gasteiger partial charge in [0.15, 0.2) is 0 Å². The SMILES string of the molecule is Cc1cc2cc(C(=O)NCCCn3nccc3C3CC3)ccc2o1. The molecule has 2 heterocycles. The van der Waals surface area contributed by atoms with E-state index in [0.717, 1.165) is 29.7 Å². The molecule has 1 aliphatic rings. The molecule has 0 aliphatic heterocycles. The lowest BCUT2D eigenvalue weighted by Gasteiger charge is -2.08. The van der Waals surface area contributed by atoms with Gasteiger partial charge >= 0.3 is 0 Å². The van der Waals surface area contributed by atoms with Crippen molar-refractivity contribution in [3.8, 4) is 0 Å². The topological polar surface area (TPSA) is 60.1 Å². The van der Waals surface area contributed by atoms with Gasteiger partial charge in [-0.25, -0.2) is 0 Å². The summed E-state index contributed by atoms with van der Waals surface area (Å²) in [5, 5.41) is 8.33. The van der Waals surface area contributed by atoms with E-state index in [0.29, 0.717) is 18.0 Å². The van der Waals surface area contributed by atoms with Crippen LogP contribution in [0.1, 0.15) is 47.0 Å². The van der Waals surface area contributed by atoms with Gasteiger partial charge in [-0.3, -0.25) is 9.48 Å². The largest absolute Gasteiger partial charge is 0.461 e. The lowest BCUT2D eigenvalue weighted by Crippen LogP contribution is -2.25. The fourth-order valence-electron chi connectivity index (χ4n) is 3.11. The van der Waals surface area contributed by atoms with Gasteiger partial charge in [-0.05, 0) is 56.5 Å². The van der Waals surface area contributed by atoms with Gasteiger partial charge < -0.3 is 9.73 Å². The Morgan fingerprint density at radius 3 is 3.04 bits per heavy atom. The van der Waals surface area contributed by atoms with Gasteiger partial charge in [-0.2, -0.15) is 5.10 Å². The molecule has 0 saturated heterocycles. The summed E-state index contributed by atoms with van der Waals surface area (Å²) in [6.07, 6.45) is 5.30. The van der Waals surface area contributed by atoms with Crippen LogP contribution in [-0.2, 0) is 6.54 Å². The summed E-state index contributed by atoms with van der Waals surface area (Å²) in [6.45, 7) is 3.40. The Kier molecular flexibility index (Phi) is 3.84. The summed E-state index contributed by atoms with van der Waals surface area (Å²) in [7, 11) is 0. The van der Waals surface area contributed by atoms with Crippen molar-refractivity contribution in [2.45, 2.75) is 38.6 Å². The van der Waals surface area contributed by atoms with Gasteiger partial charge in [-0.15, -0.1) is 0 Å². The third kappa shape index (κ3) is 3.07. The molecule has 0 bridgehead atoms. The molecule has 4 rings (SSSR count). The number of hydrogen-bond donors (Lipinski definition) is 1. The smallest absolute Gasteiger partial charge is 0.251 e. The van der Waals surface area contributed by atoms with Crippen molar-refractivity contribution in [2.75, 3.05) is 6.54 Å². The predicted molar refractivity (Wildman–Crippen MR) is 92.1 cm³/mol. The number of nitrogens with one attached hydrogen (secondary N) is 1. The number of amides is 1. The van der Waals surface area contributed by atoms with Crippen LogP contribution in [0, 0.1) is 6.92 Å². The van der Waals surface area contributed by atoms with Crippen LogP contribution >= 0.6 is 0 Å². The molecule has 0 atom stereocenters. The van der Waals surface area contributed by atoms with Crippen molar-refractivity contribution in [2.24, 2.45) is 0 Å². The maximum absolute atomic E-state index is 12.3. The Morgan fingerprint density at radius 2 is 2.21 bits per heavy atom. The van der Waals surface area contributed by atoms with Crippen LogP contribution in [0.3, 0.4) is 0 Å². The molecule has 124 valence electrons. The van der Waals surface area contributed by atoms with Crippen LogP contribution < -0.4 is 5.32 Å². The van der Waals surface area contributed by atoms with E-state index in [1.165, 1.54) is 18.5 Å². The fourth-order valence-corrected chi connectivity index (χ4v) is 3.11. The van der Waals surface area contributed by atoms with Gasteiger partial charge in [0.05, 0.1) is 0 Å². The molecule has 24 heavy (non-hydrogen) atoms. The summed E-state index contributed by atoms with van der Waals surface area (Å²) in [5.74, 6) is 1.51. The number of hydrogen-bond acceptors (Lipinski definition) is 3.